The Morgan fingerprint density at radius 2 is 2.08 bits per heavy atom. The monoisotopic (exact) mass is 474 g/mol. The third-order valence-electron chi connectivity index (χ3n) is 4.79. The van der Waals surface area contributed by atoms with E-state index in [1.165, 1.54) is 24.0 Å². The highest BCUT2D eigenvalue weighted by atomic mass is 127. The summed E-state index contributed by atoms with van der Waals surface area (Å²) >= 11 is 0. The van der Waals surface area contributed by atoms with Crippen molar-refractivity contribution in [3.05, 3.63) is 35.4 Å². The molecule has 0 bridgehead atoms. The second-order valence-corrected chi connectivity index (χ2v) is 6.78. The van der Waals surface area contributed by atoms with Crippen molar-refractivity contribution in [2.24, 2.45) is 4.99 Å². The van der Waals surface area contributed by atoms with Crippen molar-refractivity contribution in [2.45, 2.75) is 32.7 Å². The lowest BCUT2D eigenvalue weighted by atomic mass is 10.0. The number of aryl methyl sites for hydroxylation is 1. The highest BCUT2D eigenvalue weighted by molar-refractivity contribution is 14.0. The van der Waals surface area contributed by atoms with Gasteiger partial charge in [0.1, 0.15) is 0 Å². The molecule has 1 atom stereocenters. The summed E-state index contributed by atoms with van der Waals surface area (Å²) < 4.78 is 5.54. The van der Waals surface area contributed by atoms with Crippen molar-refractivity contribution in [3.63, 3.8) is 0 Å². The second-order valence-electron chi connectivity index (χ2n) is 6.78. The molecule has 1 aliphatic heterocycles. The molecule has 0 aliphatic carbocycles. The van der Waals surface area contributed by atoms with Crippen molar-refractivity contribution in [1.29, 1.82) is 0 Å². The smallest absolute Gasteiger partial charge is 0.193 e. The predicted molar refractivity (Wildman–Crippen MR) is 121 cm³/mol. The highest BCUT2D eigenvalue weighted by Gasteiger charge is 2.23. The first-order valence-electron chi connectivity index (χ1n) is 9.45. The Morgan fingerprint density at radius 1 is 1.35 bits per heavy atom. The SMILES string of the molecule is CCCCN(C)C(=NC)NCC(c1cccc(C)c1)N1CCOCC1.I. The first kappa shape index (κ1) is 23.2. The Balaban J connectivity index is 0.00000338. The van der Waals surface area contributed by atoms with Crippen LogP contribution in [-0.4, -0.2) is 69.2 Å². The maximum absolute atomic E-state index is 5.54. The van der Waals surface area contributed by atoms with E-state index in [0.29, 0.717) is 6.04 Å². The number of benzene rings is 1. The van der Waals surface area contributed by atoms with Gasteiger partial charge in [0, 0.05) is 40.3 Å². The molecule has 2 rings (SSSR count). The van der Waals surface area contributed by atoms with Crippen LogP contribution in [0.1, 0.15) is 36.9 Å². The van der Waals surface area contributed by atoms with E-state index in [2.05, 4.69) is 65.3 Å². The topological polar surface area (TPSA) is 40.1 Å². The maximum Gasteiger partial charge on any atom is 0.193 e. The van der Waals surface area contributed by atoms with E-state index in [-0.39, 0.29) is 24.0 Å². The van der Waals surface area contributed by atoms with Gasteiger partial charge in [-0.2, -0.15) is 0 Å². The van der Waals surface area contributed by atoms with Gasteiger partial charge in [-0.1, -0.05) is 43.2 Å². The van der Waals surface area contributed by atoms with Crippen LogP contribution in [0, 0.1) is 6.92 Å². The normalized spacial score (nSPS) is 16.7. The lowest BCUT2D eigenvalue weighted by Crippen LogP contribution is -2.46. The van der Waals surface area contributed by atoms with Crippen molar-refractivity contribution in [1.82, 2.24) is 15.1 Å². The van der Waals surface area contributed by atoms with Crippen LogP contribution in [0.2, 0.25) is 0 Å². The Hall–Kier alpha value is -0.860. The average Bonchev–Trinajstić information content (AvgIpc) is 2.64. The number of guanidine groups is 1. The lowest BCUT2D eigenvalue weighted by Gasteiger charge is -2.36. The van der Waals surface area contributed by atoms with Crippen LogP contribution in [0.25, 0.3) is 0 Å². The molecule has 0 spiro atoms. The molecule has 1 N–H and O–H groups in total. The van der Waals surface area contributed by atoms with E-state index in [4.69, 9.17) is 4.74 Å². The molecule has 148 valence electrons. The van der Waals surface area contributed by atoms with E-state index in [1.54, 1.807) is 0 Å². The average molecular weight is 474 g/mol. The van der Waals surface area contributed by atoms with E-state index >= 15 is 0 Å². The van der Waals surface area contributed by atoms with Crippen LogP contribution in [0.4, 0.5) is 0 Å². The first-order chi connectivity index (χ1) is 12.2. The van der Waals surface area contributed by atoms with Crippen LogP contribution in [-0.2, 0) is 4.74 Å². The summed E-state index contributed by atoms with van der Waals surface area (Å²) in [7, 11) is 3.97. The van der Waals surface area contributed by atoms with Gasteiger partial charge < -0.3 is 15.0 Å². The third kappa shape index (κ3) is 7.04. The molecule has 1 heterocycles. The number of hydrogen-bond donors (Lipinski definition) is 1. The van der Waals surface area contributed by atoms with Gasteiger partial charge in [-0.15, -0.1) is 24.0 Å². The molecule has 0 radical (unpaired) electrons. The molecule has 26 heavy (non-hydrogen) atoms. The summed E-state index contributed by atoms with van der Waals surface area (Å²) in [4.78, 5) is 9.19. The fraction of sp³-hybridized carbons (Fsp3) is 0.650. The summed E-state index contributed by atoms with van der Waals surface area (Å²) in [5.74, 6) is 0.972. The van der Waals surface area contributed by atoms with Gasteiger partial charge in [-0.25, -0.2) is 0 Å². The summed E-state index contributed by atoms with van der Waals surface area (Å²) in [6, 6.07) is 9.18. The van der Waals surface area contributed by atoms with Crippen LogP contribution in [0.3, 0.4) is 0 Å². The standard InChI is InChI=1S/C20H34N4O.HI/c1-5-6-10-23(4)20(21-3)22-16-19(24-11-13-25-14-12-24)18-9-7-8-17(2)15-18;/h7-9,15,19H,5-6,10-14,16H2,1-4H3,(H,21,22);1H. The van der Waals surface area contributed by atoms with Crippen LogP contribution < -0.4 is 5.32 Å². The fourth-order valence-electron chi connectivity index (χ4n) is 3.30. The molecule has 1 saturated heterocycles. The van der Waals surface area contributed by atoms with Gasteiger partial charge in [0.25, 0.3) is 0 Å². The lowest BCUT2D eigenvalue weighted by molar-refractivity contribution is 0.0169. The van der Waals surface area contributed by atoms with Crippen LogP contribution in [0.15, 0.2) is 29.3 Å². The van der Waals surface area contributed by atoms with E-state index in [0.717, 1.165) is 45.4 Å². The Morgan fingerprint density at radius 3 is 2.69 bits per heavy atom. The largest absolute Gasteiger partial charge is 0.379 e. The van der Waals surface area contributed by atoms with Gasteiger partial charge >= 0.3 is 0 Å². The highest BCUT2D eigenvalue weighted by Crippen LogP contribution is 2.22. The zero-order valence-electron chi connectivity index (χ0n) is 16.7. The molecular formula is C20H35IN4O. The molecule has 0 aromatic heterocycles. The summed E-state index contributed by atoms with van der Waals surface area (Å²) in [5, 5.41) is 3.59. The van der Waals surface area contributed by atoms with Gasteiger partial charge in [0.15, 0.2) is 5.96 Å². The Kier molecular flexibility index (Phi) is 11.2. The van der Waals surface area contributed by atoms with Gasteiger partial charge in [0.05, 0.1) is 19.3 Å². The minimum atomic E-state index is 0. The molecule has 1 aliphatic rings. The van der Waals surface area contributed by atoms with Crippen molar-refractivity contribution < 1.29 is 4.74 Å². The van der Waals surface area contributed by atoms with E-state index in [1.807, 2.05) is 7.05 Å². The number of morpholine rings is 1. The van der Waals surface area contributed by atoms with Gasteiger partial charge in [-0.3, -0.25) is 9.89 Å². The number of nitrogens with zero attached hydrogens (tertiary/aromatic N) is 3. The molecular weight excluding hydrogens is 439 g/mol. The molecule has 5 nitrogen and oxygen atoms in total. The fourth-order valence-corrected chi connectivity index (χ4v) is 3.30. The number of unbranched alkanes of at least 4 members (excludes halogenated alkanes) is 1. The van der Waals surface area contributed by atoms with Crippen molar-refractivity contribution >= 4 is 29.9 Å². The van der Waals surface area contributed by atoms with Gasteiger partial charge in [-0.05, 0) is 18.9 Å². The van der Waals surface area contributed by atoms with Crippen molar-refractivity contribution in [2.75, 3.05) is 53.5 Å². The second kappa shape index (κ2) is 12.5. The number of hydrogen-bond acceptors (Lipinski definition) is 3. The number of rotatable bonds is 7. The predicted octanol–water partition coefficient (Wildman–Crippen LogP) is 3.29. The van der Waals surface area contributed by atoms with E-state index in [9.17, 15) is 0 Å². The van der Waals surface area contributed by atoms with E-state index < -0.39 is 0 Å². The number of ether oxygens (including phenoxy) is 1. The number of aliphatic imine (C=N–C) groups is 1. The maximum atomic E-state index is 5.54. The zero-order chi connectivity index (χ0) is 18.1. The van der Waals surface area contributed by atoms with Crippen LogP contribution >= 0.6 is 24.0 Å². The molecule has 1 aromatic carbocycles. The quantitative estimate of drug-likeness (QED) is 0.374. The molecule has 0 amide bonds. The minimum Gasteiger partial charge on any atom is -0.379 e. The zero-order valence-corrected chi connectivity index (χ0v) is 19.0. The Bertz CT molecular complexity index is 546. The Labute approximate surface area is 176 Å². The molecule has 6 heteroatoms. The summed E-state index contributed by atoms with van der Waals surface area (Å²) in [6.07, 6.45) is 2.38. The summed E-state index contributed by atoms with van der Waals surface area (Å²) in [6.45, 7) is 9.84. The molecule has 1 fully saturated rings. The molecule has 0 saturated carbocycles. The minimum absolute atomic E-state index is 0. The first-order valence-corrected chi connectivity index (χ1v) is 9.45. The summed E-state index contributed by atoms with van der Waals surface area (Å²) in [5.41, 5.74) is 2.67. The van der Waals surface area contributed by atoms with Crippen molar-refractivity contribution in [3.8, 4) is 0 Å². The third-order valence-corrected chi connectivity index (χ3v) is 4.79. The number of nitrogens with one attached hydrogen (secondary N) is 1. The van der Waals surface area contributed by atoms with Crippen LogP contribution in [0.5, 0.6) is 0 Å². The number of halogens is 1. The molecule has 1 aromatic rings. The van der Waals surface area contributed by atoms with Gasteiger partial charge in [0.2, 0.25) is 0 Å². The molecule has 1 unspecified atom stereocenters.